The van der Waals surface area contributed by atoms with Crippen LogP contribution in [0.5, 0.6) is 5.75 Å². The summed E-state index contributed by atoms with van der Waals surface area (Å²) in [5.41, 5.74) is 5.97. The minimum absolute atomic E-state index is 0.152. The van der Waals surface area contributed by atoms with Gasteiger partial charge in [-0.05, 0) is 38.8 Å². The van der Waals surface area contributed by atoms with Gasteiger partial charge in [0.2, 0.25) is 0 Å². The molecular formula is C18H27ClN4O3. The molecule has 1 aliphatic rings. The van der Waals surface area contributed by atoms with Crippen molar-refractivity contribution in [3.63, 3.8) is 0 Å². The number of ether oxygens (including phenoxy) is 2. The molecule has 1 fully saturated rings. The van der Waals surface area contributed by atoms with Gasteiger partial charge in [-0.15, -0.1) is 0 Å². The van der Waals surface area contributed by atoms with Gasteiger partial charge in [-0.25, -0.2) is 9.79 Å². The van der Waals surface area contributed by atoms with Gasteiger partial charge in [0.15, 0.2) is 5.96 Å². The summed E-state index contributed by atoms with van der Waals surface area (Å²) in [7, 11) is 0. The smallest absolute Gasteiger partial charge is 0.409 e. The van der Waals surface area contributed by atoms with Crippen LogP contribution >= 0.6 is 11.6 Å². The van der Waals surface area contributed by atoms with Crippen molar-refractivity contribution >= 4 is 23.7 Å². The summed E-state index contributed by atoms with van der Waals surface area (Å²) in [4.78, 5) is 17.7. The van der Waals surface area contributed by atoms with E-state index in [1.807, 2.05) is 25.1 Å². The topological polar surface area (TPSA) is 89.2 Å². The van der Waals surface area contributed by atoms with Crippen molar-refractivity contribution in [1.82, 2.24) is 10.2 Å². The number of carbonyl (C=O) groups is 1. The molecule has 0 aromatic heterocycles. The van der Waals surface area contributed by atoms with Gasteiger partial charge in [0.05, 0.1) is 18.2 Å². The molecule has 26 heavy (non-hydrogen) atoms. The van der Waals surface area contributed by atoms with Gasteiger partial charge in [-0.2, -0.15) is 0 Å². The van der Waals surface area contributed by atoms with E-state index in [0.717, 1.165) is 12.8 Å². The van der Waals surface area contributed by atoms with Gasteiger partial charge >= 0.3 is 6.09 Å². The summed E-state index contributed by atoms with van der Waals surface area (Å²) in [6.07, 6.45) is 1.21. The van der Waals surface area contributed by atoms with Gasteiger partial charge in [-0.1, -0.05) is 23.7 Å². The van der Waals surface area contributed by atoms with E-state index in [2.05, 4.69) is 10.3 Å². The Kier molecular flexibility index (Phi) is 7.84. The molecular weight excluding hydrogens is 356 g/mol. The molecule has 1 saturated heterocycles. The summed E-state index contributed by atoms with van der Waals surface area (Å²) >= 11 is 6.08. The summed E-state index contributed by atoms with van der Waals surface area (Å²) in [5, 5.41) is 3.78. The van der Waals surface area contributed by atoms with E-state index in [1.54, 1.807) is 17.9 Å². The minimum Gasteiger partial charge on any atom is -0.487 e. The first-order chi connectivity index (χ1) is 12.5. The molecule has 1 aromatic carbocycles. The van der Waals surface area contributed by atoms with E-state index in [1.165, 1.54) is 0 Å². The van der Waals surface area contributed by atoms with Gasteiger partial charge in [-0.3, -0.25) is 0 Å². The van der Waals surface area contributed by atoms with Crippen molar-refractivity contribution in [1.29, 1.82) is 0 Å². The van der Waals surface area contributed by atoms with Crippen LogP contribution in [0.2, 0.25) is 5.02 Å². The van der Waals surface area contributed by atoms with Crippen LogP contribution < -0.4 is 15.8 Å². The van der Waals surface area contributed by atoms with Crippen molar-refractivity contribution in [2.24, 2.45) is 10.7 Å². The first-order valence-electron chi connectivity index (χ1n) is 8.89. The van der Waals surface area contributed by atoms with Crippen LogP contribution in [-0.4, -0.2) is 55.3 Å². The third-order valence-corrected chi connectivity index (χ3v) is 4.37. The normalized spacial score (nSPS) is 16.9. The highest BCUT2D eigenvalue weighted by Gasteiger charge is 2.23. The van der Waals surface area contributed by atoms with Crippen LogP contribution in [0.4, 0.5) is 4.79 Å². The largest absolute Gasteiger partial charge is 0.487 e. The number of hydrogen-bond donors (Lipinski definition) is 2. The van der Waals surface area contributed by atoms with Crippen LogP contribution in [0.15, 0.2) is 29.3 Å². The lowest BCUT2D eigenvalue weighted by atomic mass is 10.1. The Labute approximate surface area is 159 Å². The average molecular weight is 383 g/mol. The molecule has 0 spiro atoms. The van der Waals surface area contributed by atoms with Gasteiger partial charge in [0.1, 0.15) is 11.9 Å². The van der Waals surface area contributed by atoms with E-state index in [-0.39, 0.29) is 18.2 Å². The molecule has 1 aliphatic heterocycles. The first-order valence-corrected chi connectivity index (χ1v) is 9.26. The number of nitrogens with zero attached hydrogens (tertiary/aromatic N) is 2. The van der Waals surface area contributed by atoms with Crippen molar-refractivity contribution < 1.29 is 14.3 Å². The Morgan fingerprint density at radius 2 is 2.12 bits per heavy atom. The fraction of sp³-hybridized carbons (Fsp3) is 0.556. The highest BCUT2D eigenvalue weighted by Crippen LogP contribution is 2.24. The molecule has 0 aliphatic carbocycles. The molecule has 0 saturated carbocycles. The molecule has 0 bridgehead atoms. The number of benzene rings is 1. The van der Waals surface area contributed by atoms with Crippen LogP contribution in [0.1, 0.15) is 26.7 Å². The highest BCUT2D eigenvalue weighted by atomic mass is 35.5. The number of aliphatic imine (C=N–C) groups is 1. The van der Waals surface area contributed by atoms with E-state index in [4.69, 9.17) is 26.8 Å². The van der Waals surface area contributed by atoms with Crippen molar-refractivity contribution in [3.05, 3.63) is 29.3 Å². The zero-order chi connectivity index (χ0) is 18.9. The third kappa shape index (κ3) is 6.29. The molecule has 1 aromatic rings. The predicted octanol–water partition coefficient (Wildman–Crippen LogP) is 2.63. The number of hydrogen-bond acceptors (Lipinski definition) is 4. The quantitative estimate of drug-likeness (QED) is 0.583. The Hall–Kier alpha value is -2.15. The van der Waals surface area contributed by atoms with Crippen LogP contribution in [-0.2, 0) is 4.74 Å². The predicted molar refractivity (Wildman–Crippen MR) is 103 cm³/mol. The molecule has 7 nitrogen and oxygen atoms in total. The number of carbonyl (C=O) groups excluding carboxylic acids is 1. The number of rotatable bonds is 6. The number of para-hydroxylation sites is 1. The average Bonchev–Trinajstić information content (AvgIpc) is 2.63. The van der Waals surface area contributed by atoms with Crippen LogP contribution in [0, 0.1) is 0 Å². The Morgan fingerprint density at radius 3 is 2.77 bits per heavy atom. The molecule has 1 unspecified atom stereocenters. The number of halogens is 1. The zero-order valence-electron chi connectivity index (χ0n) is 15.3. The minimum atomic E-state index is -0.252. The van der Waals surface area contributed by atoms with E-state index in [9.17, 15) is 4.79 Å². The van der Waals surface area contributed by atoms with Crippen LogP contribution in [0.25, 0.3) is 0 Å². The van der Waals surface area contributed by atoms with E-state index in [0.29, 0.717) is 43.0 Å². The second-order valence-corrected chi connectivity index (χ2v) is 6.60. The SMILES string of the molecule is CCOC(=O)N1CCC(NC(N)=NCC(C)Oc2ccccc2Cl)CC1. The summed E-state index contributed by atoms with van der Waals surface area (Å²) in [6.45, 7) is 5.83. The third-order valence-electron chi connectivity index (χ3n) is 4.06. The second kappa shape index (κ2) is 10.1. The molecule has 1 atom stereocenters. The fourth-order valence-corrected chi connectivity index (χ4v) is 2.88. The van der Waals surface area contributed by atoms with Gasteiger partial charge in [0.25, 0.3) is 0 Å². The zero-order valence-corrected chi connectivity index (χ0v) is 16.0. The fourth-order valence-electron chi connectivity index (χ4n) is 2.70. The van der Waals surface area contributed by atoms with Crippen LogP contribution in [0.3, 0.4) is 0 Å². The Bertz CT molecular complexity index is 618. The molecule has 8 heteroatoms. The molecule has 3 N–H and O–H groups in total. The Balaban J connectivity index is 1.73. The standard InChI is InChI=1S/C18H27ClN4O3/c1-3-25-18(24)23-10-8-14(9-11-23)22-17(20)21-12-13(2)26-16-7-5-4-6-15(16)19/h4-7,13-14H,3,8-12H2,1-2H3,(H3,20,21,22). The maximum absolute atomic E-state index is 11.7. The molecule has 144 valence electrons. The summed E-state index contributed by atoms with van der Waals surface area (Å²) in [6, 6.07) is 7.53. The maximum atomic E-state index is 11.7. The molecule has 1 heterocycles. The van der Waals surface area contributed by atoms with Crippen molar-refractivity contribution in [2.45, 2.75) is 38.8 Å². The number of nitrogens with two attached hydrogens (primary N) is 1. The lowest BCUT2D eigenvalue weighted by Crippen LogP contribution is -2.48. The lowest BCUT2D eigenvalue weighted by molar-refractivity contribution is 0.0963. The summed E-state index contributed by atoms with van der Waals surface area (Å²) in [5.74, 6) is 1.02. The van der Waals surface area contributed by atoms with Gasteiger partial charge < -0.3 is 25.4 Å². The van der Waals surface area contributed by atoms with Crippen molar-refractivity contribution in [2.75, 3.05) is 26.2 Å². The van der Waals surface area contributed by atoms with Gasteiger partial charge in [0, 0.05) is 19.1 Å². The number of likely N-dealkylation sites (tertiary alicyclic amines) is 1. The first kappa shape index (κ1) is 20.2. The second-order valence-electron chi connectivity index (χ2n) is 6.19. The number of guanidine groups is 1. The number of nitrogens with one attached hydrogen (secondary N) is 1. The number of piperidine rings is 1. The lowest BCUT2D eigenvalue weighted by Gasteiger charge is -2.31. The highest BCUT2D eigenvalue weighted by molar-refractivity contribution is 6.32. The maximum Gasteiger partial charge on any atom is 0.409 e. The van der Waals surface area contributed by atoms with E-state index >= 15 is 0 Å². The monoisotopic (exact) mass is 382 g/mol. The molecule has 2 rings (SSSR count). The van der Waals surface area contributed by atoms with Crippen molar-refractivity contribution in [3.8, 4) is 5.75 Å². The molecule has 1 amide bonds. The number of amides is 1. The Morgan fingerprint density at radius 1 is 1.42 bits per heavy atom. The van der Waals surface area contributed by atoms with E-state index < -0.39 is 0 Å². The molecule has 0 radical (unpaired) electrons. The summed E-state index contributed by atoms with van der Waals surface area (Å²) < 4.78 is 10.8.